The largest absolute Gasteiger partial charge is 0.453 e. The summed E-state index contributed by atoms with van der Waals surface area (Å²) in [5.41, 5.74) is 6.04. The Morgan fingerprint density at radius 2 is 2.12 bits per heavy atom. The van der Waals surface area contributed by atoms with Crippen LogP contribution in [0.2, 0.25) is 5.02 Å². The molecule has 132 valence electrons. The minimum Gasteiger partial charge on any atom is -0.453 e. The summed E-state index contributed by atoms with van der Waals surface area (Å²) in [6, 6.07) is 9.41. The lowest BCUT2D eigenvalue weighted by atomic mass is 10.2. The normalized spacial score (nSPS) is 10.4. The van der Waals surface area contributed by atoms with Crippen LogP contribution in [0.4, 0.5) is 10.2 Å². The molecule has 3 N–H and O–H groups in total. The van der Waals surface area contributed by atoms with Gasteiger partial charge in [-0.05, 0) is 35.9 Å². The number of hydrogen-bond donors (Lipinski definition) is 2. The van der Waals surface area contributed by atoms with E-state index in [0.29, 0.717) is 17.1 Å². The Labute approximate surface area is 153 Å². The Hall–Kier alpha value is -3.19. The summed E-state index contributed by atoms with van der Waals surface area (Å²) in [5.74, 6) is -0.201. The Morgan fingerprint density at radius 3 is 2.77 bits per heavy atom. The number of nitrogens with two attached hydrogens (primary N) is 1. The molecule has 0 aliphatic rings. The topological polar surface area (TPSA) is 90.1 Å². The third kappa shape index (κ3) is 4.25. The van der Waals surface area contributed by atoms with E-state index in [0.717, 1.165) is 0 Å². The molecule has 0 radical (unpaired) electrons. The van der Waals surface area contributed by atoms with Crippen molar-refractivity contribution in [3.8, 4) is 11.5 Å². The van der Waals surface area contributed by atoms with Gasteiger partial charge in [0, 0.05) is 18.9 Å². The molecule has 0 fully saturated rings. The summed E-state index contributed by atoms with van der Waals surface area (Å²) in [6.07, 6.45) is 4.42. The Kier molecular flexibility index (Phi) is 5.28. The van der Waals surface area contributed by atoms with Crippen molar-refractivity contribution in [2.75, 3.05) is 5.32 Å². The van der Waals surface area contributed by atoms with Gasteiger partial charge in [0.25, 0.3) is 0 Å². The van der Waals surface area contributed by atoms with Gasteiger partial charge in [-0.3, -0.25) is 9.78 Å². The van der Waals surface area contributed by atoms with Crippen molar-refractivity contribution < 1.29 is 13.9 Å². The number of carbonyl (C=O) groups is 1. The van der Waals surface area contributed by atoms with Gasteiger partial charge >= 0.3 is 0 Å². The minimum absolute atomic E-state index is 0.101. The van der Waals surface area contributed by atoms with Gasteiger partial charge in [0.05, 0.1) is 16.8 Å². The van der Waals surface area contributed by atoms with Crippen LogP contribution in [0.25, 0.3) is 0 Å². The number of ether oxygens (including phenoxy) is 1. The Bertz CT molecular complexity index is 938. The molecule has 2 heterocycles. The predicted molar refractivity (Wildman–Crippen MR) is 95.8 cm³/mol. The van der Waals surface area contributed by atoms with Crippen LogP contribution in [-0.2, 0) is 6.54 Å². The molecule has 0 saturated heterocycles. The molecule has 0 atom stereocenters. The molecular weight excluding hydrogens is 359 g/mol. The van der Waals surface area contributed by atoms with E-state index in [1.165, 1.54) is 30.6 Å². The first-order chi connectivity index (χ1) is 12.5. The molecule has 1 amide bonds. The molecule has 0 spiro atoms. The van der Waals surface area contributed by atoms with Crippen LogP contribution in [-0.4, -0.2) is 15.9 Å². The second kappa shape index (κ2) is 7.79. The maximum Gasteiger partial charge on any atom is 0.250 e. The summed E-state index contributed by atoms with van der Waals surface area (Å²) in [7, 11) is 0. The van der Waals surface area contributed by atoms with Crippen LogP contribution in [0.5, 0.6) is 11.5 Å². The van der Waals surface area contributed by atoms with E-state index in [1.54, 1.807) is 24.4 Å². The van der Waals surface area contributed by atoms with Crippen molar-refractivity contribution in [1.82, 2.24) is 9.97 Å². The summed E-state index contributed by atoms with van der Waals surface area (Å²) >= 11 is 6.05. The summed E-state index contributed by atoms with van der Waals surface area (Å²) in [4.78, 5) is 19.0. The number of rotatable bonds is 6. The highest BCUT2D eigenvalue weighted by Crippen LogP contribution is 2.25. The van der Waals surface area contributed by atoms with Gasteiger partial charge in [0.2, 0.25) is 5.91 Å². The van der Waals surface area contributed by atoms with Gasteiger partial charge in [-0.2, -0.15) is 0 Å². The third-order valence-electron chi connectivity index (χ3n) is 3.44. The average molecular weight is 373 g/mol. The van der Waals surface area contributed by atoms with Crippen LogP contribution in [0.3, 0.4) is 0 Å². The lowest BCUT2D eigenvalue weighted by Gasteiger charge is -2.10. The lowest BCUT2D eigenvalue weighted by molar-refractivity contribution is 0.1000. The number of pyridine rings is 2. The van der Waals surface area contributed by atoms with Gasteiger partial charge in [0.15, 0.2) is 11.6 Å². The van der Waals surface area contributed by atoms with Gasteiger partial charge < -0.3 is 15.8 Å². The zero-order valence-corrected chi connectivity index (χ0v) is 14.2. The van der Waals surface area contributed by atoms with E-state index in [9.17, 15) is 9.18 Å². The molecule has 0 bridgehead atoms. The fourth-order valence-corrected chi connectivity index (χ4v) is 2.39. The number of aromatic nitrogens is 2. The van der Waals surface area contributed by atoms with Crippen molar-refractivity contribution in [3.05, 3.63) is 77.0 Å². The lowest BCUT2D eigenvalue weighted by Crippen LogP contribution is -2.12. The number of nitrogens with one attached hydrogen (secondary N) is 1. The van der Waals surface area contributed by atoms with E-state index in [-0.39, 0.29) is 22.9 Å². The maximum absolute atomic E-state index is 14.2. The number of amides is 1. The fraction of sp³-hybridized carbons (Fsp3) is 0.0556. The molecular formula is C18H14ClFN4O2. The van der Waals surface area contributed by atoms with Gasteiger partial charge in [-0.1, -0.05) is 17.7 Å². The first-order valence-electron chi connectivity index (χ1n) is 7.58. The molecule has 6 nitrogen and oxygen atoms in total. The van der Waals surface area contributed by atoms with Crippen molar-refractivity contribution in [2.24, 2.45) is 5.73 Å². The summed E-state index contributed by atoms with van der Waals surface area (Å²) in [6.45, 7) is 0.284. The molecule has 8 heteroatoms. The molecule has 3 rings (SSSR count). The minimum atomic E-state index is -0.614. The summed E-state index contributed by atoms with van der Waals surface area (Å²) in [5, 5.41) is 3.23. The van der Waals surface area contributed by atoms with E-state index >= 15 is 0 Å². The quantitative estimate of drug-likeness (QED) is 0.687. The van der Waals surface area contributed by atoms with Crippen molar-refractivity contribution >= 4 is 23.3 Å². The Morgan fingerprint density at radius 1 is 1.27 bits per heavy atom. The second-order valence-corrected chi connectivity index (χ2v) is 5.73. The number of carbonyl (C=O) groups excluding carboxylic acids is 1. The fourth-order valence-electron chi connectivity index (χ4n) is 2.16. The number of hydrogen-bond acceptors (Lipinski definition) is 5. The molecule has 2 aromatic heterocycles. The standard InChI is InChI=1S/C18H14ClFN4O2/c19-14-7-12(17(21)25)9-24-18(14)23-8-11-3-4-16(15(20)6-11)26-13-2-1-5-22-10-13/h1-7,9-10H,8H2,(H2,21,25)(H,23,24). The van der Waals surface area contributed by atoms with E-state index in [4.69, 9.17) is 22.1 Å². The SMILES string of the molecule is NC(=O)c1cnc(NCc2ccc(Oc3cccnc3)c(F)c2)c(Cl)c1. The van der Waals surface area contributed by atoms with Crippen molar-refractivity contribution in [3.63, 3.8) is 0 Å². The first kappa shape index (κ1) is 17.6. The van der Waals surface area contributed by atoms with Gasteiger partial charge in [-0.15, -0.1) is 0 Å². The second-order valence-electron chi connectivity index (χ2n) is 5.33. The van der Waals surface area contributed by atoms with Crippen LogP contribution < -0.4 is 15.8 Å². The number of halogens is 2. The molecule has 26 heavy (non-hydrogen) atoms. The smallest absolute Gasteiger partial charge is 0.250 e. The predicted octanol–water partition coefficient (Wildman–Crippen LogP) is 3.77. The number of benzene rings is 1. The van der Waals surface area contributed by atoms with Gasteiger partial charge in [0.1, 0.15) is 11.6 Å². The third-order valence-corrected chi connectivity index (χ3v) is 3.73. The van der Waals surface area contributed by atoms with E-state index < -0.39 is 11.7 Å². The Balaban J connectivity index is 1.67. The molecule has 0 saturated carbocycles. The molecule has 0 aliphatic heterocycles. The van der Waals surface area contributed by atoms with Crippen molar-refractivity contribution in [1.29, 1.82) is 0 Å². The number of nitrogens with zero attached hydrogens (tertiary/aromatic N) is 2. The maximum atomic E-state index is 14.2. The molecule has 1 aromatic carbocycles. The highest BCUT2D eigenvalue weighted by molar-refractivity contribution is 6.33. The van der Waals surface area contributed by atoms with Crippen LogP contribution in [0.1, 0.15) is 15.9 Å². The van der Waals surface area contributed by atoms with Gasteiger partial charge in [-0.25, -0.2) is 9.37 Å². The zero-order chi connectivity index (χ0) is 18.5. The van der Waals surface area contributed by atoms with E-state index in [2.05, 4.69) is 15.3 Å². The van der Waals surface area contributed by atoms with Crippen LogP contribution >= 0.6 is 11.6 Å². The average Bonchev–Trinajstić information content (AvgIpc) is 2.63. The molecule has 0 unspecified atom stereocenters. The number of anilines is 1. The van der Waals surface area contributed by atoms with Crippen LogP contribution in [0, 0.1) is 5.82 Å². The monoisotopic (exact) mass is 372 g/mol. The first-order valence-corrected chi connectivity index (χ1v) is 7.96. The number of primary amides is 1. The summed E-state index contributed by atoms with van der Waals surface area (Å²) < 4.78 is 19.7. The van der Waals surface area contributed by atoms with E-state index in [1.807, 2.05) is 0 Å². The molecule has 0 aliphatic carbocycles. The van der Waals surface area contributed by atoms with Crippen LogP contribution in [0.15, 0.2) is 55.0 Å². The molecule has 3 aromatic rings. The van der Waals surface area contributed by atoms with Crippen molar-refractivity contribution in [2.45, 2.75) is 6.54 Å². The highest BCUT2D eigenvalue weighted by atomic mass is 35.5. The zero-order valence-electron chi connectivity index (χ0n) is 13.4. The highest BCUT2D eigenvalue weighted by Gasteiger charge is 2.09.